The molecule has 3 nitrogen and oxygen atoms in total. The summed E-state index contributed by atoms with van der Waals surface area (Å²) in [7, 11) is 1.86. The monoisotopic (exact) mass is 274 g/mol. The highest BCUT2D eigenvalue weighted by Crippen LogP contribution is 2.12. The highest BCUT2D eigenvalue weighted by molar-refractivity contribution is 5.98. The van der Waals surface area contributed by atoms with E-state index in [0.29, 0.717) is 13.1 Å². The lowest BCUT2D eigenvalue weighted by Crippen LogP contribution is -2.25. The fraction of sp³-hybridized carbons (Fsp3) is 0.312. The van der Waals surface area contributed by atoms with E-state index in [1.54, 1.807) is 6.07 Å². The lowest BCUT2D eigenvalue weighted by molar-refractivity contribution is 0.0942. The molecule has 0 bridgehead atoms. The quantitative estimate of drug-likeness (QED) is 0.851. The molecular weight excluding hydrogens is 255 g/mol. The minimum atomic E-state index is -0.251. The van der Waals surface area contributed by atoms with Crippen LogP contribution in [0.5, 0.6) is 0 Å². The summed E-state index contributed by atoms with van der Waals surface area (Å²) >= 11 is 0. The van der Waals surface area contributed by atoms with E-state index < -0.39 is 0 Å². The number of rotatable bonds is 5. The van der Waals surface area contributed by atoms with Gasteiger partial charge in [0.1, 0.15) is 5.82 Å². The Morgan fingerprint density at radius 3 is 2.65 bits per heavy atom. The molecule has 0 aliphatic heterocycles. The Balaban J connectivity index is 1.99. The van der Waals surface area contributed by atoms with Crippen LogP contribution in [0.3, 0.4) is 0 Å². The van der Waals surface area contributed by atoms with Crippen molar-refractivity contribution in [3.05, 3.63) is 58.7 Å². The smallest absolute Gasteiger partial charge is 0.178 e. The summed E-state index contributed by atoms with van der Waals surface area (Å²) in [4.78, 5) is 17.2. The fourth-order valence-electron chi connectivity index (χ4n) is 2.35. The van der Waals surface area contributed by atoms with Crippen molar-refractivity contribution in [2.45, 2.75) is 20.4 Å². The highest BCUT2D eigenvalue weighted by atomic mass is 19.1. The number of nitrogens with zero attached hydrogens (tertiary/aromatic N) is 1. The molecular formula is C16H19FN2O. The van der Waals surface area contributed by atoms with E-state index in [4.69, 9.17) is 0 Å². The van der Waals surface area contributed by atoms with Crippen molar-refractivity contribution >= 4 is 5.78 Å². The maximum Gasteiger partial charge on any atom is 0.178 e. The zero-order valence-corrected chi connectivity index (χ0v) is 12.0. The maximum atomic E-state index is 13.1. The molecule has 0 spiro atoms. The largest absolute Gasteiger partial charge is 0.362 e. The predicted molar refractivity (Wildman–Crippen MR) is 77.3 cm³/mol. The first-order chi connectivity index (χ1) is 9.45. The van der Waals surface area contributed by atoms with E-state index in [1.807, 2.05) is 37.9 Å². The number of aryl methyl sites for hydroxylation is 2. The Labute approximate surface area is 118 Å². The van der Waals surface area contributed by atoms with Gasteiger partial charge in [-0.2, -0.15) is 0 Å². The van der Waals surface area contributed by atoms with Crippen molar-refractivity contribution in [2.24, 2.45) is 0 Å². The third-order valence-electron chi connectivity index (χ3n) is 3.20. The van der Waals surface area contributed by atoms with Crippen molar-refractivity contribution in [2.75, 3.05) is 13.6 Å². The maximum absolute atomic E-state index is 13.1. The van der Waals surface area contributed by atoms with E-state index in [-0.39, 0.29) is 11.6 Å². The molecule has 1 aromatic carbocycles. The average Bonchev–Trinajstić information content (AvgIpc) is 2.68. The van der Waals surface area contributed by atoms with E-state index >= 15 is 0 Å². The van der Waals surface area contributed by atoms with Gasteiger partial charge in [0.25, 0.3) is 0 Å². The molecule has 4 heteroatoms. The van der Waals surface area contributed by atoms with Gasteiger partial charge >= 0.3 is 0 Å². The van der Waals surface area contributed by atoms with E-state index in [9.17, 15) is 9.18 Å². The van der Waals surface area contributed by atoms with Gasteiger partial charge in [-0.25, -0.2) is 4.39 Å². The van der Waals surface area contributed by atoms with Gasteiger partial charge in [-0.15, -0.1) is 0 Å². The van der Waals surface area contributed by atoms with Crippen molar-refractivity contribution in [3.8, 4) is 0 Å². The topological polar surface area (TPSA) is 36.1 Å². The molecule has 0 radical (unpaired) electrons. The summed E-state index contributed by atoms with van der Waals surface area (Å²) in [6, 6.07) is 8.32. The van der Waals surface area contributed by atoms with Crippen LogP contribution >= 0.6 is 0 Å². The summed E-state index contributed by atoms with van der Waals surface area (Å²) in [5, 5.41) is 0. The molecule has 1 N–H and O–H groups in total. The minimum absolute atomic E-state index is 0.0748. The summed E-state index contributed by atoms with van der Waals surface area (Å²) in [5.74, 6) is -0.176. The number of ketones is 1. The Bertz CT molecular complexity index is 619. The average molecular weight is 274 g/mol. The SMILES string of the molecule is Cc1cc(C(=O)CN(C)Cc2cccc(F)c2)c(C)[nH]1. The fourth-order valence-corrected chi connectivity index (χ4v) is 2.35. The number of Topliss-reactive ketones (excluding diaryl/α,β-unsaturated/α-hetero) is 1. The molecule has 0 aliphatic rings. The third-order valence-corrected chi connectivity index (χ3v) is 3.20. The van der Waals surface area contributed by atoms with Crippen LogP contribution in [0.4, 0.5) is 4.39 Å². The van der Waals surface area contributed by atoms with E-state index in [1.165, 1.54) is 12.1 Å². The van der Waals surface area contributed by atoms with Crippen molar-refractivity contribution < 1.29 is 9.18 Å². The molecule has 2 rings (SSSR count). The second-order valence-electron chi connectivity index (χ2n) is 5.22. The number of likely N-dealkylation sites (N-methyl/N-ethyl adjacent to an activating group) is 1. The number of halogens is 1. The number of aromatic nitrogens is 1. The molecule has 0 unspecified atom stereocenters. The number of carbonyl (C=O) groups excluding carboxylic acids is 1. The van der Waals surface area contributed by atoms with E-state index in [0.717, 1.165) is 22.5 Å². The van der Waals surface area contributed by atoms with Crippen LogP contribution in [-0.4, -0.2) is 29.3 Å². The number of carbonyl (C=O) groups is 1. The van der Waals surface area contributed by atoms with Gasteiger partial charge in [0, 0.05) is 23.5 Å². The van der Waals surface area contributed by atoms with Crippen LogP contribution < -0.4 is 0 Å². The summed E-state index contributed by atoms with van der Waals surface area (Å²) in [5.41, 5.74) is 3.47. The molecule has 0 atom stereocenters. The standard InChI is InChI=1S/C16H19FN2O/c1-11-7-15(12(2)18-11)16(20)10-19(3)9-13-5-4-6-14(17)8-13/h4-8,18H,9-10H2,1-3H3. The van der Waals surface area contributed by atoms with Crippen LogP contribution in [0.25, 0.3) is 0 Å². The van der Waals surface area contributed by atoms with Crippen LogP contribution in [0.15, 0.2) is 30.3 Å². The summed E-state index contributed by atoms with van der Waals surface area (Å²) < 4.78 is 13.1. The molecule has 0 saturated carbocycles. The highest BCUT2D eigenvalue weighted by Gasteiger charge is 2.14. The predicted octanol–water partition coefficient (Wildman–Crippen LogP) is 3.09. The van der Waals surface area contributed by atoms with Crippen LogP contribution in [0.1, 0.15) is 27.3 Å². The Kier molecular flexibility index (Phi) is 4.35. The van der Waals surface area contributed by atoms with Gasteiger partial charge in [0.05, 0.1) is 6.54 Å². The second kappa shape index (κ2) is 6.01. The molecule has 2 aromatic rings. The van der Waals surface area contributed by atoms with Gasteiger partial charge < -0.3 is 4.98 Å². The van der Waals surface area contributed by atoms with Crippen molar-refractivity contribution in [1.29, 1.82) is 0 Å². The van der Waals surface area contributed by atoms with Crippen LogP contribution in [0, 0.1) is 19.7 Å². The molecule has 0 saturated heterocycles. The number of nitrogens with one attached hydrogen (secondary N) is 1. The molecule has 1 heterocycles. The molecule has 0 aliphatic carbocycles. The first kappa shape index (κ1) is 14.5. The number of H-pyrrole nitrogens is 1. The number of hydrogen-bond acceptors (Lipinski definition) is 2. The minimum Gasteiger partial charge on any atom is -0.362 e. The van der Waals surface area contributed by atoms with Crippen molar-refractivity contribution in [1.82, 2.24) is 9.88 Å². The number of aromatic amines is 1. The van der Waals surface area contributed by atoms with Gasteiger partial charge in [0.15, 0.2) is 5.78 Å². The van der Waals surface area contributed by atoms with Crippen LogP contribution in [0.2, 0.25) is 0 Å². The Hall–Kier alpha value is -1.94. The van der Waals surface area contributed by atoms with Gasteiger partial charge in [-0.05, 0) is 44.7 Å². The summed E-state index contributed by atoms with van der Waals surface area (Å²) in [6.07, 6.45) is 0. The number of hydrogen-bond donors (Lipinski definition) is 1. The zero-order chi connectivity index (χ0) is 14.7. The first-order valence-electron chi connectivity index (χ1n) is 6.58. The van der Waals surface area contributed by atoms with Gasteiger partial charge in [-0.3, -0.25) is 9.69 Å². The molecule has 0 fully saturated rings. The molecule has 20 heavy (non-hydrogen) atoms. The van der Waals surface area contributed by atoms with Gasteiger partial charge in [-0.1, -0.05) is 12.1 Å². The van der Waals surface area contributed by atoms with Crippen LogP contribution in [-0.2, 0) is 6.54 Å². The molecule has 106 valence electrons. The lowest BCUT2D eigenvalue weighted by Gasteiger charge is -2.15. The van der Waals surface area contributed by atoms with Gasteiger partial charge in [0.2, 0.25) is 0 Å². The molecule has 1 aromatic heterocycles. The Morgan fingerprint density at radius 2 is 2.05 bits per heavy atom. The number of benzene rings is 1. The second-order valence-corrected chi connectivity index (χ2v) is 5.22. The van der Waals surface area contributed by atoms with Crippen molar-refractivity contribution in [3.63, 3.8) is 0 Å². The Morgan fingerprint density at radius 1 is 1.30 bits per heavy atom. The normalized spacial score (nSPS) is 11.1. The van der Waals surface area contributed by atoms with E-state index in [2.05, 4.69) is 4.98 Å². The zero-order valence-electron chi connectivity index (χ0n) is 12.0. The first-order valence-corrected chi connectivity index (χ1v) is 6.58. The lowest BCUT2D eigenvalue weighted by atomic mass is 10.1. The third kappa shape index (κ3) is 3.54. The summed E-state index contributed by atoms with van der Waals surface area (Å²) in [6.45, 7) is 4.69. The molecule has 0 amide bonds.